The number of sulfonamides is 1. The highest BCUT2D eigenvalue weighted by Gasteiger charge is 2.17. The molecular formula is C22H22FN5O3S2. The van der Waals surface area contributed by atoms with Gasteiger partial charge in [0.25, 0.3) is 0 Å². The molecule has 0 unspecified atom stereocenters. The Hall–Kier alpha value is -3.15. The van der Waals surface area contributed by atoms with Gasteiger partial charge < -0.3 is 5.32 Å². The van der Waals surface area contributed by atoms with Crippen LogP contribution in [0, 0.1) is 11.7 Å². The quantitative estimate of drug-likeness (QED) is 0.394. The molecule has 2 N–H and O–H groups in total. The van der Waals surface area contributed by atoms with Crippen molar-refractivity contribution in [2.45, 2.75) is 25.2 Å². The van der Waals surface area contributed by atoms with Crippen molar-refractivity contribution in [1.82, 2.24) is 19.3 Å². The van der Waals surface area contributed by atoms with E-state index in [1.165, 1.54) is 29.5 Å². The van der Waals surface area contributed by atoms with Crippen LogP contribution in [0.25, 0.3) is 16.3 Å². The summed E-state index contributed by atoms with van der Waals surface area (Å²) in [7, 11) is -3.73. The zero-order valence-corrected chi connectivity index (χ0v) is 19.6. The van der Waals surface area contributed by atoms with Crippen LogP contribution in [0.4, 0.5) is 10.1 Å². The monoisotopic (exact) mass is 487 g/mol. The van der Waals surface area contributed by atoms with Crippen LogP contribution in [-0.4, -0.2) is 35.5 Å². The van der Waals surface area contributed by atoms with Crippen LogP contribution in [-0.2, 0) is 21.2 Å². The van der Waals surface area contributed by atoms with E-state index in [9.17, 15) is 17.6 Å². The second kappa shape index (κ2) is 9.38. The van der Waals surface area contributed by atoms with E-state index in [0.29, 0.717) is 22.6 Å². The zero-order chi connectivity index (χ0) is 23.6. The summed E-state index contributed by atoms with van der Waals surface area (Å²) < 4.78 is 43.5. The SMILES string of the molecule is CC(C)C(=O)Nc1ccc(S(=O)(=O)NCCc2csc3nc(-c4ccccc4F)nn23)cc1. The molecule has 4 aromatic rings. The van der Waals surface area contributed by atoms with E-state index in [1.54, 1.807) is 48.7 Å². The molecule has 0 radical (unpaired) electrons. The third-order valence-corrected chi connectivity index (χ3v) is 7.24. The molecule has 2 heterocycles. The van der Waals surface area contributed by atoms with Crippen molar-refractivity contribution in [2.24, 2.45) is 5.92 Å². The van der Waals surface area contributed by atoms with E-state index in [-0.39, 0.29) is 29.1 Å². The summed E-state index contributed by atoms with van der Waals surface area (Å²) in [6.45, 7) is 3.70. The van der Waals surface area contributed by atoms with Gasteiger partial charge in [-0.25, -0.2) is 22.0 Å². The molecule has 11 heteroatoms. The summed E-state index contributed by atoms with van der Waals surface area (Å²) in [6.07, 6.45) is 0.377. The Morgan fingerprint density at radius 2 is 1.88 bits per heavy atom. The Labute approximate surface area is 194 Å². The molecule has 2 aromatic carbocycles. The highest BCUT2D eigenvalue weighted by molar-refractivity contribution is 7.89. The van der Waals surface area contributed by atoms with Gasteiger partial charge in [-0.05, 0) is 36.4 Å². The fourth-order valence-electron chi connectivity index (χ4n) is 3.05. The number of hydrogen-bond donors (Lipinski definition) is 2. The Morgan fingerprint density at radius 1 is 1.15 bits per heavy atom. The number of carbonyl (C=O) groups is 1. The number of carbonyl (C=O) groups excluding carboxylic acids is 1. The molecule has 0 aliphatic rings. The number of amides is 1. The number of thiazole rings is 1. The summed E-state index contributed by atoms with van der Waals surface area (Å²) in [4.78, 5) is 16.8. The van der Waals surface area contributed by atoms with Crippen molar-refractivity contribution in [2.75, 3.05) is 11.9 Å². The third-order valence-electron chi connectivity index (χ3n) is 4.89. The second-order valence-electron chi connectivity index (χ2n) is 7.65. The van der Waals surface area contributed by atoms with Crippen molar-refractivity contribution in [3.8, 4) is 11.4 Å². The molecule has 0 bridgehead atoms. The molecule has 8 nitrogen and oxygen atoms in total. The van der Waals surface area contributed by atoms with E-state index in [4.69, 9.17) is 0 Å². The molecule has 0 saturated carbocycles. The second-order valence-corrected chi connectivity index (χ2v) is 10.3. The molecule has 0 aliphatic heterocycles. The number of nitrogens with one attached hydrogen (secondary N) is 2. The van der Waals surface area contributed by atoms with E-state index >= 15 is 0 Å². The lowest BCUT2D eigenvalue weighted by Gasteiger charge is -2.09. The standard InChI is InChI=1S/C22H22FN5O3S2/c1-14(2)21(29)25-15-7-9-17(10-8-15)33(30,31)24-12-11-16-13-32-22-26-20(27-28(16)22)18-5-3-4-6-19(18)23/h3-10,13-14,24H,11-12H2,1-2H3,(H,25,29). The average molecular weight is 488 g/mol. The Kier molecular flexibility index (Phi) is 6.54. The van der Waals surface area contributed by atoms with Crippen LogP contribution >= 0.6 is 11.3 Å². The lowest BCUT2D eigenvalue weighted by atomic mass is 10.2. The van der Waals surface area contributed by atoms with Gasteiger partial charge in [0.1, 0.15) is 5.82 Å². The molecular weight excluding hydrogens is 465 g/mol. The van der Waals surface area contributed by atoms with Crippen molar-refractivity contribution >= 4 is 37.9 Å². The number of anilines is 1. The first-order valence-electron chi connectivity index (χ1n) is 10.2. The molecule has 0 aliphatic carbocycles. The fraction of sp³-hybridized carbons (Fsp3) is 0.227. The summed E-state index contributed by atoms with van der Waals surface area (Å²) in [5, 5.41) is 8.96. The molecule has 2 aromatic heterocycles. The van der Waals surface area contributed by atoms with Gasteiger partial charge in [0.15, 0.2) is 5.82 Å². The van der Waals surface area contributed by atoms with Gasteiger partial charge in [-0.3, -0.25) is 4.79 Å². The normalized spacial score (nSPS) is 11.9. The zero-order valence-electron chi connectivity index (χ0n) is 17.9. The maximum Gasteiger partial charge on any atom is 0.240 e. The molecule has 0 saturated heterocycles. The Morgan fingerprint density at radius 3 is 2.58 bits per heavy atom. The van der Waals surface area contributed by atoms with Gasteiger partial charge in [-0.15, -0.1) is 16.4 Å². The highest BCUT2D eigenvalue weighted by Crippen LogP contribution is 2.23. The van der Waals surface area contributed by atoms with Gasteiger partial charge in [-0.2, -0.15) is 4.98 Å². The van der Waals surface area contributed by atoms with Crippen LogP contribution in [0.2, 0.25) is 0 Å². The van der Waals surface area contributed by atoms with Crippen LogP contribution in [0.3, 0.4) is 0 Å². The largest absolute Gasteiger partial charge is 0.326 e. The first-order valence-corrected chi connectivity index (χ1v) is 12.6. The summed E-state index contributed by atoms with van der Waals surface area (Å²) >= 11 is 1.35. The first kappa shape index (κ1) is 23.0. The number of benzene rings is 2. The van der Waals surface area contributed by atoms with Gasteiger partial charge in [0, 0.05) is 30.0 Å². The number of halogens is 1. The first-order chi connectivity index (χ1) is 15.7. The number of hydrogen-bond acceptors (Lipinski definition) is 6. The van der Waals surface area contributed by atoms with Crippen LogP contribution in [0.15, 0.2) is 58.8 Å². The maximum absolute atomic E-state index is 14.0. The molecule has 33 heavy (non-hydrogen) atoms. The summed E-state index contributed by atoms with van der Waals surface area (Å²) in [5.74, 6) is -0.435. The van der Waals surface area contributed by atoms with Gasteiger partial charge in [0.2, 0.25) is 20.9 Å². The number of fused-ring (bicyclic) bond motifs is 1. The minimum Gasteiger partial charge on any atom is -0.326 e. The molecule has 0 atom stereocenters. The van der Waals surface area contributed by atoms with E-state index in [0.717, 1.165) is 5.69 Å². The minimum atomic E-state index is -3.73. The van der Waals surface area contributed by atoms with Gasteiger partial charge >= 0.3 is 0 Å². The molecule has 0 fully saturated rings. The lowest BCUT2D eigenvalue weighted by Crippen LogP contribution is -2.26. The van der Waals surface area contributed by atoms with E-state index in [1.807, 2.05) is 5.38 Å². The molecule has 1 amide bonds. The van der Waals surface area contributed by atoms with E-state index in [2.05, 4.69) is 20.1 Å². The number of aromatic nitrogens is 3. The average Bonchev–Trinajstić information content (AvgIpc) is 3.36. The predicted octanol–water partition coefficient (Wildman–Crippen LogP) is 3.71. The Balaban J connectivity index is 1.41. The smallest absolute Gasteiger partial charge is 0.240 e. The lowest BCUT2D eigenvalue weighted by molar-refractivity contribution is -0.118. The van der Waals surface area contributed by atoms with Crippen molar-refractivity contribution < 1.29 is 17.6 Å². The van der Waals surface area contributed by atoms with Gasteiger partial charge in [-0.1, -0.05) is 26.0 Å². The van der Waals surface area contributed by atoms with Crippen LogP contribution in [0.5, 0.6) is 0 Å². The van der Waals surface area contributed by atoms with Crippen molar-refractivity contribution in [1.29, 1.82) is 0 Å². The summed E-state index contributed by atoms with van der Waals surface area (Å²) in [6, 6.07) is 12.3. The van der Waals surface area contributed by atoms with Crippen LogP contribution < -0.4 is 10.0 Å². The van der Waals surface area contributed by atoms with Crippen molar-refractivity contribution in [3.05, 3.63) is 65.4 Å². The maximum atomic E-state index is 14.0. The van der Waals surface area contributed by atoms with Crippen LogP contribution in [0.1, 0.15) is 19.5 Å². The Bertz CT molecular complexity index is 1400. The van der Waals surface area contributed by atoms with Gasteiger partial charge in [0.05, 0.1) is 16.2 Å². The number of nitrogens with zero attached hydrogens (tertiary/aromatic N) is 3. The van der Waals surface area contributed by atoms with Crippen molar-refractivity contribution in [3.63, 3.8) is 0 Å². The fourth-order valence-corrected chi connectivity index (χ4v) is 4.94. The predicted molar refractivity (Wildman–Crippen MR) is 125 cm³/mol. The van der Waals surface area contributed by atoms with E-state index < -0.39 is 15.8 Å². The molecule has 0 spiro atoms. The summed E-state index contributed by atoms with van der Waals surface area (Å²) in [5.41, 5.74) is 1.61. The molecule has 4 rings (SSSR count). The third kappa shape index (κ3) is 5.10. The highest BCUT2D eigenvalue weighted by atomic mass is 32.2. The topological polar surface area (TPSA) is 105 Å². The minimum absolute atomic E-state index is 0.100. The molecule has 172 valence electrons. The number of rotatable bonds is 8.